The molecule has 0 radical (unpaired) electrons. The maximum absolute atomic E-state index is 13.1. The van der Waals surface area contributed by atoms with Crippen molar-refractivity contribution in [1.82, 2.24) is 19.9 Å². The molecule has 0 spiro atoms. The highest BCUT2D eigenvalue weighted by Gasteiger charge is 2.30. The minimum Gasteiger partial charge on any atom is -0.341 e. The zero-order valence-electron chi connectivity index (χ0n) is 17.7. The summed E-state index contributed by atoms with van der Waals surface area (Å²) in [7, 11) is 0. The normalized spacial score (nSPS) is 11.6. The van der Waals surface area contributed by atoms with Crippen LogP contribution in [0.4, 0.5) is 24.7 Å². The van der Waals surface area contributed by atoms with Crippen LogP contribution in [0.2, 0.25) is 0 Å². The number of thioether (sulfide) groups is 1. The average molecular weight is 478 g/mol. The lowest BCUT2D eigenvalue weighted by molar-refractivity contribution is -0.137. The van der Waals surface area contributed by atoms with E-state index in [1.807, 2.05) is 54.6 Å². The Balaban J connectivity index is 1.44. The number of alkyl halides is 3. The molecule has 5 aromatic rings. The Bertz CT molecular complexity index is 1400. The van der Waals surface area contributed by atoms with E-state index in [1.54, 1.807) is 12.1 Å². The molecule has 34 heavy (non-hydrogen) atoms. The smallest absolute Gasteiger partial charge is 0.341 e. The first-order valence-electron chi connectivity index (χ1n) is 10.4. The van der Waals surface area contributed by atoms with E-state index in [2.05, 4.69) is 25.3 Å². The number of imidazole rings is 1. The topological polar surface area (TPSA) is 66.5 Å². The van der Waals surface area contributed by atoms with Gasteiger partial charge in [-0.3, -0.25) is 0 Å². The number of H-pyrrole nitrogens is 1. The minimum absolute atomic E-state index is 0.292. The first-order chi connectivity index (χ1) is 16.4. The number of para-hydroxylation sites is 2. The number of nitrogens with zero attached hydrogens (tertiary/aromatic N) is 3. The molecular formula is C25H18F3N5S. The fourth-order valence-corrected chi connectivity index (χ4v) is 4.17. The van der Waals surface area contributed by atoms with Crippen molar-refractivity contribution in [3.8, 4) is 11.3 Å². The molecule has 0 aliphatic rings. The van der Waals surface area contributed by atoms with Gasteiger partial charge in [0.2, 0.25) is 0 Å². The summed E-state index contributed by atoms with van der Waals surface area (Å²) in [5, 5.41) is 3.48. The predicted octanol–water partition coefficient (Wildman–Crippen LogP) is 7.07. The van der Waals surface area contributed by atoms with Crippen LogP contribution in [0.15, 0.2) is 90.1 Å². The second kappa shape index (κ2) is 9.18. The number of benzene rings is 3. The molecule has 0 saturated carbocycles. The standard InChI is InChI=1S/C25H18F3N5S/c26-25(27,28)17-9-6-10-18(13-17)29-22-14-21(16-7-2-1-3-8-16)32-24(33-22)34-15-23-30-19-11-4-5-12-20(19)31-23/h1-14H,15H2,(H,30,31)(H,29,32,33). The third-order valence-corrected chi connectivity index (χ3v) is 5.87. The van der Waals surface area contributed by atoms with E-state index in [9.17, 15) is 13.2 Å². The van der Waals surface area contributed by atoms with Gasteiger partial charge in [-0.1, -0.05) is 60.3 Å². The molecule has 0 aliphatic carbocycles. The van der Waals surface area contributed by atoms with E-state index in [0.29, 0.717) is 28.1 Å². The van der Waals surface area contributed by atoms with Crippen molar-refractivity contribution in [2.24, 2.45) is 0 Å². The molecule has 9 heteroatoms. The van der Waals surface area contributed by atoms with E-state index in [-0.39, 0.29) is 0 Å². The largest absolute Gasteiger partial charge is 0.416 e. The quantitative estimate of drug-likeness (QED) is 0.202. The third kappa shape index (κ3) is 5.04. The lowest BCUT2D eigenvalue weighted by Gasteiger charge is -2.12. The molecule has 0 aliphatic heterocycles. The molecule has 2 aromatic heterocycles. The summed E-state index contributed by atoms with van der Waals surface area (Å²) < 4.78 is 39.4. The van der Waals surface area contributed by atoms with Gasteiger partial charge in [-0.15, -0.1) is 0 Å². The summed E-state index contributed by atoms with van der Waals surface area (Å²) in [5.74, 6) is 1.70. The number of aromatic amines is 1. The van der Waals surface area contributed by atoms with Gasteiger partial charge in [0.15, 0.2) is 5.16 Å². The highest BCUT2D eigenvalue weighted by molar-refractivity contribution is 7.98. The van der Waals surface area contributed by atoms with Crippen LogP contribution in [0.5, 0.6) is 0 Å². The average Bonchev–Trinajstić information content (AvgIpc) is 3.26. The molecule has 170 valence electrons. The summed E-state index contributed by atoms with van der Waals surface area (Å²) in [6, 6.07) is 24.1. The summed E-state index contributed by atoms with van der Waals surface area (Å²) in [6.45, 7) is 0. The van der Waals surface area contributed by atoms with Gasteiger partial charge in [0.05, 0.1) is 28.0 Å². The second-order valence-corrected chi connectivity index (χ2v) is 8.42. The van der Waals surface area contributed by atoms with Crippen LogP contribution in [0.1, 0.15) is 11.4 Å². The van der Waals surface area contributed by atoms with Crippen molar-refractivity contribution in [3.05, 3.63) is 96.3 Å². The first kappa shape index (κ1) is 22.0. The van der Waals surface area contributed by atoms with Gasteiger partial charge in [-0.25, -0.2) is 15.0 Å². The SMILES string of the molecule is FC(F)(F)c1cccc(Nc2cc(-c3ccccc3)nc(SCc3nc4ccccc4[nH]3)n2)c1. The van der Waals surface area contributed by atoms with Crippen LogP contribution in [-0.2, 0) is 11.9 Å². The van der Waals surface area contributed by atoms with E-state index in [0.717, 1.165) is 34.6 Å². The number of hydrogen-bond donors (Lipinski definition) is 2. The molecule has 0 unspecified atom stereocenters. The van der Waals surface area contributed by atoms with Crippen LogP contribution in [0.25, 0.3) is 22.3 Å². The molecular weight excluding hydrogens is 459 g/mol. The Morgan fingerprint density at radius 1 is 0.824 bits per heavy atom. The minimum atomic E-state index is -4.42. The lowest BCUT2D eigenvalue weighted by Crippen LogP contribution is -2.05. The van der Waals surface area contributed by atoms with Crippen molar-refractivity contribution in [3.63, 3.8) is 0 Å². The molecule has 0 fully saturated rings. The molecule has 0 bridgehead atoms. The van der Waals surface area contributed by atoms with Gasteiger partial charge >= 0.3 is 6.18 Å². The lowest BCUT2D eigenvalue weighted by atomic mass is 10.1. The molecule has 2 N–H and O–H groups in total. The zero-order valence-corrected chi connectivity index (χ0v) is 18.5. The molecule has 0 atom stereocenters. The van der Waals surface area contributed by atoms with Crippen molar-refractivity contribution >= 4 is 34.3 Å². The molecule has 0 saturated heterocycles. The predicted molar refractivity (Wildman–Crippen MR) is 128 cm³/mol. The van der Waals surface area contributed by atoms with Gasteiger partial charge < -0.3 is 10.3 Å². The van der Waals surface area contributed by atoms with Crippen molar-refractivity contribution in [2.75, 3.05) is 5.32 Å². The Kier molecular flexibility index (Phi) is 5.93. The van der Waals surface area contributed by atoms with Gasteiger partial charge in [-0.05, 0) is 30.3 Å². The molecule has 2 heterocycles. The summed E-state index contributed by atoms with van der Waals surface area (Å²) in [4.78, 5) is 17.0. The van der Waals surface area contributed by atoms with Crippen LogP contribution < -0.4 is 5.32 Å². The van der Waals surface area contributed by atoms with Gasteiger partial charge in [0.1, 0.15) is 11.6 Å². The van der Waals surface area contributed by atoms with Crippen LogP contribution in [-0.4, -0.2) is 19.9 Å². The summed E-state index contributed by atoms with van der Waals surface area (Å²) in [6.07, 6.45) is -4.42. The first-order valence-corrected chi connectivity index (χ1v) is 11.4. The third-order valence-electron chi connectivity index (χ3n) is 5.01. The Labute approximate surface area is 197 Å². The molecule has 5 rings (SSSR count). The highest BCUT2D eigenvalue weighted by atomic mass is 32.2. The molecule has 3 aromatic carbocycles. The van der Waals surface area contributed by atoms with Crippen molar-refractivity contribution < 1.29 is 13.2 Å². The van der Waals surface area contributed by atoms with Crippen LogP contribution >= 0.6 is 11.8 Å². The summed E-state index contributed by atoms with van der Waals surface area (Å²) in [5.41, 5.74) is 2.93. The van der Waals surface area contributed by atoms with Crippen LogP contribution in [0, 0.1) is 0 Å². The zero-order chi connectivity index (χ0) is 23.5. The summed E-state index contributed by atoms with van der Waals surface area (Å²) >= 11 is 1.39. The maximum Gasteiger partial charge on any atom is 0.416 e. The Morgan fingerprint density at radius 3 is 2.41 bits per heavy atom. The van der Waals surface area contributed by atoms with Crippen molar-refractivity contribution in [1.29, 1.82) is 0 Å². The number of rotatable bonds is 6. The van der Waals surface area contributed by atoms with E-state index >= 15 is 0 Å². The molecule has 0 amide bonds. The highest BCUT2D eigenvalue weighted by Crippen LogP contribution is 2.32. The number of fused-ring (bicyclic) bond motifs is 1. The van der Waals surface area contributed by atoms with Crippen molar-refractivity contribution in [2.45, 2.75) is 17.1 Å². The van der Waals surface area contributed by atoms with E-state index < -0.39 is 11.7 Å². The van der Waals surface area contributed by atoms with Gasteiger partial charge in [-0.2, -0.15) is 13.2 Å². The number of halogens is 3. The Hall–Kier alpha value is -3.85. The maximum atomic E-state index is 13.1. The van der Waals surface area contributed by atoms with Gasteiger partial charge in [0.25, 0.3) is 0 Å². The van der Waals surface area contributed by atoms with Crippen LogP contribution in [0.3, 0.4) is 0 Å². The second-order valence-electron chi connectivity index (χ2n) is 7.48. The fraction of sp³-hybridized carbons (Fsp3) is 0.0800. The number of hydrogen-bond acceptors (Lipinski definition) is 5. The number of nitrogens with one attached hydrogen (secondary N) is 2. The fourth-order valence-electron chi connectivity index (χ4n) is 3.44. The Morgan fingerprint density at radius 2 is 1.62 bits per heavy atom. The monoisotopic (exact) mass is 477 g/mol. The number of anilines is 2. The molecule has 5 nitrogen and oxygen atoms in total. The number of aromatic nitrogens is 4. The van der Waals surface area contributed by atoms with E-state index in [1.165, 1.54) is 17.8 Å². The van der Waals surface area contributed by atoms with E-state index in [4.69, 9.17) is 0 Å². The van der Waals surface area contributed by atoms with Gasteiger partial charge in [0, 0.05) is 17.3 Å².